The molecule has 0 amide bonds. The molecule has 1 aliphatic heterocycles. The lowest BCUT2D eigenvalue weighted by atomic mass is 10.1. The fourth-order valence-electron chi connectivity index (χ4n) is 2.78. The minimum absolute atomic E-state index is 0.465. The molecule has 2 aromatic carbocycles. The first-order chi connectivity index (χ1) is 11.7. The van der Waals surface area contributed by atoms with Gasteiger partial charge in [0.05, 0.1) is 24.0 Å². The molecule has 1 N–H and O–H groups in total. The molecule has 1 aromatic heterocycles. The predicted octanol–water partition coefficient (Wildman–Crippen LogP) is 3.96. The van der Waals surface area contributed by atoms with E-state index in [9.17, 15) is 8.78 Å². The van der Waals surface area contributed by atoms with Crippen molar-refractivity contribution in [1.82, 2.24) is 15.2 Å². The van der Waals surface area contributed by atoms with Crippen LogP contribution in [0.15, 0.2) is 60.0 Å². The number of allylic oxidation sites excluding steroid dienone is 1. The van der Waals surface area contributed by atoms with Crippen molar-refractivity contribution in [3.63, 3.8) is 0 Å². The molecule has 24 heavy (non-hydrogen) atoms. The number of hydrogen-bond acceptors (Lipinski definition) is 3. The van der Waals surface area contributed by atoms with Gasteiger partial charge in [0.25, 0.3) is 0 Å². The van der Waals surface area contributed by atoms with Crippen LogP contribution in [0.4, 0.5) is 8.78 Å². The molecule has 0 saturated carbocycles. The quantitative estimate of drug-likeness (QED) is 0.792. The Morgan fingerprint density at radius 2 is 1.92 bits per heavy atom. The van der Waals surface area contributed by atoms with E-state index >= 15 is 0 Å². The van der Waals surface area contributed by atoms with Gasteiger partial charge in [-0.05, 0) is 29.8 Å². The standard InChI is InChI=1S/C18H14F2N4/c19-15-7-13(8-16(20)9-15)18-2-1-5-24(23-18)11-12-3-4-17-14(6-12)10-21-22-17/h1,3-10H,2,11H2,(H,21,22). The van der Waals surface area contributed by atoms with Gasteiger partial charge in [0.1, 0.15) is 11.6 Å². The van der Waals surface area contributed by atoms with Gasteiger partial charge in [-0.3, -0.25) is 10.1 Å². The lowest BCUT2D eigenvalue weighted by Crippen LogP contribution is -2.17. The van der Waals surface area contributed by atoms with Crippen LogP contribution in [0.25, 0.3) is 10.9 Å². The summed E-state index contributed by atoms with van der Waals surface area (Å²) in [4.78, 5) is 0. The Kier molecular flexibility index (Phi) is 3.57. The molecule has 4 rings (SSSR count). The molecule has 2 heterocycles. The summed E-state index contributed by atoms with van der Waals surface area (Å²) in [6, 6.07) is 9.48. The Morgan fingerprint density at radius 3 is 2.75 bits per heavy atom. The van der Waals surface area contributed by atoms with E-state index in [4.69, 9.17) is 0 Å². The number of hydrogen-bond donors (Lipinski definition) is 1. The van der Waals surface area contributed by atoms with Crippen molar-refractivity contribution in [3.8, 4) is 0 Å². The van der Waals surface area contributed by atoms with E-state index in [0.717, 1.165) is 22.5 Å². The van der Waals surface area contributed by atoms with Crippen LogP contribution in [0, 0.1) is 11.6 Å². The summed E-state index contributed by atoms with van der Waals surface area (Å²) < 4.78 is 26.8. The first-order valence-electron chi connectivity index (χ1n) is 7.57. The van der Waals surface area contributed by atoms with Gasteiger partial charge in [0.15, 0.2) is 0 Å². The first kappa shape index (κ1) is 14.6. The fraction of sp³-hybridized carbons (Fsp3) is 0.111. The Morgan fingerprint density at radius 1 is 1.08 bits per heavy atom. The maximum Gasteiger partial charge on any atom is 0.126 e. The second-order valence-corrected chi connectivity index (χ2v) is 5.68. The minimum Gasteiger partial charge on any atom is -0.278 e. The maximum atomic E-state index is 13.4. The highest BCUT2D eigenvalue weighted by Gasteiger charge is 2.12. The molecule has 0 atom stereocenters. The number of halogens is 2. The molecule has 1 aliphatic rings. The molecular formula is C18H14F2N4. The van der Waals surface area contributed by atoms with Crippen LogP contribution in [0.5, 0.6) is 0 Å². The predicted molar refractivity (Wildman–Crippen MR) is 88.3 cm³/mol. The van der Waals surface area contributed by atoms with Crippen LogP contribution < -0.4 is 0 Å². The number of nitrogens with zero attached hydrogens (tertiary/aromatic N) is 3. The smallest absolute Gasteiger partial charge is 0.126 e. The van der Waals surface area contributed by atoms with Gasteiger partial charge in [0.2, 0.25) is 0 Å². The fourth-order valence-corrected chi connectivity index (χ4v) is 2.78. The second kappa shape index (κ2) is 5.88. The third kappa shape index (κ3) is 2.90. The van der Waals surface area contributed by atoms with Crippen LogP contribution in [-0.2, 0) is 6.54 Å². The Bertz CT molecular complexity index is 938. The summed E-state index contributed by atoms with van der Waals surface area (Å²) in [5.74, 6) is -1.20. The van der Waals surface area contributed by atoms with E-state index < -0.39 is 11.6 Å². The largest absolute Gasteiger partial charge is 0.278 e. The average Bonchev–Trinajstić information content (AvgIpc) is 3.02. The van der Waals surface area contributed by atoms with E-state index in [1.807, 2.05) is 30.5 Å². The lowest BCUT2D eigenvalue weighted by molar-refractivity contribution is 0.386. The topological polar surface area (TPSA) is 44.3 Å². The zero-order chi connectivity index (χ0) is 16.5. The van der Waals surface area contributed by atoms with Gasteiger partial charge in [0, 0.05) is 29.6 Å². The van der Waals surface area contributed by atoms with Crippen molar-refractivity contribution in [1.29, 1.82) is 0 Å². The Hall–Kier alpha value is -3.02. The van der Waals surface area contributed by atoms with Crippen molar-refractivity contribution >= 4 is 16.6 Å². The summed E-state index contributed by atoms with van der Waals surface area (Å²) in [5, 5.41) is 14.2. The number of hydrazone groups is 1. The molecule has 0 spiro atoms. The van der Waals surface area contributed by atoms with E-state index in [1.165, 1.54) is 12.1 Å². The molecule has 6 heteroatoms. The van der Waals surface area contributed by atoms with Gasteiger partial charge < -0.3 is 0 Å². The van der Waals surface area contributed by atoms with Crippen LogP contribution in [0.1, 0.15) is 17.5 Å². The van der Waals surface area contributed by atoms with Crippen LogP contribution in [-0.4, -0.2) is 20.9 Å². The monoisotopic (exact) mass is 324 g/mol. The second-order valence-electron chi connectivity index (χ2n) is 5.68. The highest BCUT2D eigenvalue weighted by atomic mass is 19.1. The number of fused-ring (bicyclic) bond motifs is 1. The highest BCUT2D eigenvalue weighted by Crippen LogP contribution is 2.19. The Balaban J connectivity index is 1.59. The lowest BCUT2D eigenvalue weighted by Gasteiger charge is -2.20. The number of aromatic nitrogens is 2. The van der Waals surface area contributed by atoms with Crippen molar-refractivity contribution in [2.24, 2.45) is 5.10 Å². The molecular weight excluding hydrogens is 310 g/mol. The summed E-state index contributed by atoms with van der Waals surface area (Å²) in [7, 11) is 0. The van der Waals surface area contributed by atoms with Crippen molar-refractivity contribution in [2.75, 3.05) is 0 Å². The van der Waals surface area contributed by atoms with Crippen molar-refractivity contribution in [2.45, 2.75) is 13.0 Å². The molecule has 0 radical (unpaired) electrons. The van der Waals surface area contributed by atoms with Crippen LogP contribution in [0.3, 0.4) is 0 Å². The normalized spacial score (nSPS) is 14.2. The molecule has 0 fully saturated rings. The number of nitrogens with one attached hydrogen (secondary N) is 1. The third-order valence-corrected chi connectivity index (χ3v) is 3.88. The maximum absolute atomic E-state index is 13.4. The summed E-state index contributed by atoms with van der Waals surface area (Å²) in [6.07, 6.45) is 6.12. The van der Waals surface area contributed by atoms with Crippen LogP contribution in [0.2, 0.25) is 0 Å². The summed E-state index contributed by atoms with van der Waals surface area (Å²) >= 11 is 0. The van der Waals surface area contributed by atoms with Crippen LogP contribution >= 0.6 is 0 Å². The first-order valence-corrected chi connectivity index (χ1v) is 7.57. The minimum atomic E-state index is -0.598. The molecule has 0 bridgehead atoms. The zero-order valence-corrected chi connectivity index (χ0v) is 12.7. The number of H-pyrrole nitrogens is 1. The third-order valence-electron chi connectivity index (χ3n) is 3.88. The summed E-state index contributed by atoms with van der Waals surface area (Å²) in [6.45, 7) is 0.568. The van der Waals surface area contributed by atoms with Crippen molar-refractivity contribution < 1.29 is 8.78 Å². The molecule has 0 unspecified atom stereocenters. The average molecular weight is 324 g/mol. The SMILES string of the molecule is Fc1cc(F)cc(C2=NN(Cc3ccc4[nH]ncc4c3)C=CC2)c1. The molecule has 0 aliphatic carbocycles. The van der Waals surface area contributed by atoms with E-state index in [1.54, 1.807) is 11.2 Å². The van der Waals surface area contributed by atoms with E-state index in [-0.39, 0.29) is 0 Å². The van der Waals surface area contributed by atoms with Crippen molar-refractivity contribution in [3.05, 3.63) is 77.6 Å². The molecule has 0 saturated heterocycles. The van der Waals surface area contributed by atoms with E-state index in [0.29, 0.717) is 24.2 Å². The Labute approximate surface area is 137 Å². The van der Waals surface area contributed by atoms with Gasteiger partial charge in [-0.1, -0.05) is 12.1 Å². The van der Waals surface area contributed by atoms with Gasteiger partial charge in [-0.15, -0.1) is 0 Å². The highest BCUT2D eigenvalue weighted by molar-refractivity contribution is 6.01. The van der Waals surface area contributed by atoms with Gasteiger partial charge in [-0.2, -0.15) is 10.2 Å². The van der Waals surface area contributed by atoms with E-state index in [2.05, 4.69) is 15.3 Å². The number of rotatable bonds is 3. The molecule has 120 valence electrons. The number of benzene rings is 2. The molecule has 4 nitrogen and oxygen atoms in total. The van der Waals surface area contributed by atoms with Gasteiger partial charge in [-0.25, -0.2) is 8.78 Å². The summed E-state index contributed by atoms with van der Waals surface area (Å²) in [5.41, 5.74) is 3.16. The molecule has 3 aromatic rings. The van der Waals surface area contributed by atoms with Gasteiger partial charge >= 0.3 is 0 Å². The number of aromatic amines is 1. The zero-order valence-electron chi connectivity index (χ0n) is 12.7.